The van der Waals surface area contributed by atoms with Gasteiger partial charge in [-0.1, -0.05) is 0 Å². The van der Waals surface area contributed by atoms with Gasteiger partial charge in [-0.2, -0.15) is 0 Å². The van der Waals surface area contributed by atoms with E-state index in [-0.39, 0.29) is 11.8 Å². The lowest BCUT2D eigenvalue weighted by Crippen LogP contribution is -2.08. The van der Waals surface area contributed by atoms with Crippen molar-refractivity contribution in [3.63, 3.8) is 0 Å². The lowest BCUT2D eigenvalue weighted by molar-refractivity contribution is 0.101. The average molecular weight is 413 g/mol. The molecule has 0 bridgehead atoms. The first-order valence-corrected chi connectivity index (χ1v) is 9.56. The maximum Gasteiger partial charge on any atom is 0.161 e. The molecule has 1 fully saturated rings. The fourth-order valence-electron chi connectivity index (χ4n) is 3.24. The van der Waals surface area contributed by atoms with Crippen LogP contribution in [0.3, 0.4) is 0 Å². The monoisotopic (exact) mass is 412 g/mol. The van der Waals surface area contributed by atoms with E-state index in [1.807, 2.05) is 6.07 Å². The quantitative estimate of drug-likeness (QED) is 0.460. The molecule has 2 aromatic heterocycles. The van der Waals surface area contributed by atoms with Crippen molar-refractivity contribution in [2.75, 3.05) is 11.1 Å². The Morgan fingerprint density at radius 1 is 1.35 bits per heavy atom. The second kappa shape index (κ2) is 6.43. The number of halogens is 1. The highest BCUT2D eigenvalue weighted by molar-refractivity contribution is 9.10. The third kappa shape index (κ3) is 3.21. The Bertz CT molecular complexity index is 1010. The van der Waals surface area contributed by atoms with Gasteiger partial charge < -0.3 is 15.5 Å². The van der Waals surface area contributed by atoms with E-state index in [1.165, 1.54) is 25.3 Å². The van der Waals surface area contributed by atoms with Crippen LogP contribution in [0.2, 0.25) is 0 Å². The highest BCUT2D eigenvalue weighted by atomic mass is 79.9. The van der Waals surface area contributed by atoms with Crippen LogP contribution in [0, 0.1) is 0 Å². The second-order valence-corrected chi connectivity index (χ2v) is 7.87. The number of rotatable bonds is 5. The van der Waals surface area contributed by atoms with Gasteiger partial charge in [-0.05, 0) is 78.4 Å². The number of pyridine rings is 1. The highest BCUT2D eigenvalue weighted by Crippen LogP contribution is 2.41. The van der Waals surface area contributed by atoms with Crippen LogP contribution in [0.25, 0.3) is 5.65 Å². The second-order valence-electron chi connectivity index (χ2n) is 7.02. The maximum absolute atomic E-state index is 11.5. The number of hydrogen-bond acceptors (Lipinski definition) is 4. The van der Waals surface area contributed by atoms with Crippen molar-refractivity contribution in [3.8, 4) is 0 Å². The lowest BCUT2D eigenvalue weighted by Gasteiger charge is -2.14. The number of carbonyl (C=O) groups is 1. The van der Waals surface area contributed by atoms with E-state index in [1.54, 1.807) is 12.1 Å². The van der Waals surface area contributed by atoms with Gasteiger partial charge in [-0.25, -0.2) is 4.98 Å². The number of aromatic nitrogens is 2. The Morgan fingerprint density at radius 3 is 2.77 bits per heavy atom. The number of nitrogens with zero attached hydrogens (tertiary/aromatic N) is 2. The van der Waals surface area contributed by atoms with Crippen molar-refractivity contribution < 1.29 is 4.79 Å². The first-order valence-electron chi connectivity index (χ1n) is 8.77. The molecular weight excluding hydrogens is 392 g/mol. The summed E-state index contributed by atoms with van der Waals surface area (Å²) in [6.07, 6.45) is 6.79. The summed E-state index contributed by atoms with van der Waals surface area (Å²) in [4.78, 5) is 16.3. The SMILES string of the molecule is CC(=O)c1ccc(N[C@H](C)c2cn3cc(C4CC4)cc(Br)c3n2)cc1N. The average Bonchev–Trinajstić information content (AvgIpc) is 3.33. The summed E-state index contributed by atoms with van der Waals surface area (Å²) in [5.74, 6) is 0.665. The summed E-state index contributed by atoms with van der Waals surface area (Å²) in [6.45, 7) is 3.58. The molecule has 5 nitrogen and oxygen atoms in total. The Labute approximate surface area is 160 Å². The molecule has 6 heteroatoms. The minimum atomic E-state index is -0.0289. The molecule has 134 valence electrons. The van der Waals surface area contributed by atoms with Gasteiger partial charge in [0.15, 0.2) is 11.4 Å². The molecule has 1 saturated carbocycles. The van der Waals surface area contributed by atoms with Gasteiger partial charge in [0.1, 0.15) is 0 Å². The van der Waals surface area contributed by atoms with E-state index in [0.29, 0.717) is 17.2 Å². The topological polar surface area (TPSA) is 72.4 Å². The van der Waals surface area contributed by atoms with Crippen LogP contribution in [0.15, 0.2) is 41.1 Å². The Balaban J connectivity index is 1.60. The molecule has 2 heterocycles. The molecule has 3 N–H and O–H groups in total. The molecule has 1 atom stereocenters. The number of nitrogens with two attached hydrogens (primary N) is 1. The van der Waals surface area contributed by atoms with Gasteiger partial charge >= 0.3 is 0 Å². The normalized spacial score (nSPS) is 15.2. The number of carbonyl (C=O) groups excluding carboxylic acids is 1. The number of imidazole rings is 1. The Morgan fingerprint density at radius 2 is 2.12 bits per heavy atom. The Kier molecular flexibility index (Phi) is 4.23. The fourth-order valence-corrected chi connectivity index (χ4v) is 3.80. The third-order valence-electron chi connectivity index (χ3n) is 4.85. The van der Waals surface area contributed by atoms with Crippen LogP contribution in [-0.2, 0) is 0 Å². The standard InChI is InChI=1S/C20H21BrN4O/c1-11(23-15-5-6-16(12(2)26)18(22)8-15)19-10-25-9-14(13-3-4-13)7-17(21)20(25)24-19/h5-11,13,23H,3-4,22H2,1-2H3/t11-/m1/s1. The van der Waals surface area contributed by atoms with E-state index >= 15 is 0 Å². The van der Waals surface area contributed by atoms with Crippen LogP contribution in [-0.4, -0.2) is 15.2 Å². The number of nitrogens with one attached hydrogen (secondary N) is 1. The molecule has 0 saturated heterocycles. The van der Waals surface area contributed by atoms with Crippen molar-refractivity contribution in [1.29, 1.82) is 0 Å². The van der Waals surface area contributed by atoms with Crippen molar-refractivity contribution in [3.05, 3.63) is 58.0 Å². The summed E-state index contributed by atoms with van der Waals surface area (Å²) in [7, 11) is 0. The predicted octanol–water partition coefficient (Wildman–Crippen LogP) is 4.93. The van der Waals surface area contributed by atoms with Crippen LogP contribution in [0.5, 0.6) is 0 Å². The summed E-state index contributed by atoms with van der Waals surface area (Å²) in [5, 5.41) is 3.41. The summed E-state index contributed by atoms with van der Waals surface area (Å²) in [5.41, 5.74) is 11.1. The summed E-state index contributed by atoms with van der Waals surface area (Å²) < 4.78 is 3.12. The zero-order valence-electron chi connectivity index (χ0n) is 14.8. The number of fused-ring (bicyclic) bond motifs is 1. The molecule has 0 spiro atoms. The van der Waals surface area contributed by atoms with E-state index < -0.39 is 0 Å². The van der Waals surface area contributed by atoms with Gasteiger partial charge in [-0.3, -0.25) is 4.79 Å². The molecule has 0 amide bonds. The number of anilines is 2. The number of hydrogen-bond donors (Lipinski definition) is 2. The van der Waals surface area contributed by atoms with E-state index in [9.17, 15) is 4.79 Å². The molecule has 0 radical (unpaired) electrons. The fraction of sp³-hybridized carbons (Fsp3) is 0.300. The maximum atomic E-state index is 11.5. The lowest BCUT2D eigenvalue weighted by atomic mass is 10.1. The zero-order valence-corrected chi connectivity index (χ0v) is 16.4. The summed E-state index contributed by atoms with van der Waals surface area (Å²) >= 11 is 3.65. The minimum Gasteiger partial charge on any atom is -0.398 e. The molecule has 0 unspecified atom stereocenters. The smallest absolute Gasteiger partial charge is 0.161 e. The van der Waals surface area contributed by atoms with Crippen molar-refractivity contribution >= 4 is 38.7 Å². The predicted molar refractivity (Wildman–Crippen MR) is 108 cm³/mol. The van der Waals surface area contributed by atoms with Crippen molar-refractivity contribution in [1.82, 2.24) is 9.38 Å². The molecule has 1 aromatic carbocycles. The van der Waals surface area contributed by atoms with E-state index in [2.05, 4.69) is 51.0 Å². The number of benzene rings is 1. The highest BCUT2D eigenvalue weighted by Gasteiger charge is 2.25. The molecule has 1 aliphatic rings. The van der Waals surface area contributed by atoms with Crippen LogP contribution in [0.1, 0.15) is 60.3 Å². The van der Waals surface area contributed by atoms with Crippen molar-refractivity contribution in [2.24, 2.45) is 0 Å². The molecule has 3 aromatic rings. The molecule has 0 aliphatic heterocycles. The van der Waals surface area contributed by atoms with Gasteiger partial charge in [0.25, 0.3) is 0 Å². The van der Waals surface area contributed by atoms with Crippen LogP contribution in [0.4, 0.5) is 11.4 Å². The largest absolute Gasteiger partial charge is 0.398 e. The molecular formula is C20H21BrN4O. The number of ketones is 1. The van der Waals surface area contributed by atoms with E-state index in [0.717, 1.165) is 21.5 Å². The molecule has 1 aliphatic carbocycles. The minimum absolute atomic E-state index is 0.00810. The molecule has 4 rings (SSSR count). The van der Waals surface area contributed by atoms with Gasteiger partial charge in [-0.15, -0.1) is 0 Å². The van der Waals surface area contributed by atoms with Gasteiger partial charge in [0.2, 0.25) is 0 Å². The van der Waals surface area contributed by atoms with Crippen LogP contribution < -0.4 is 11.1 Å². The van der Waals surface area contributed by atoms with E-state index in [4.69, 9.17) is 10.7 Å². The zero-order chi connectivity index (χ0) is 18.4. The van der Waals surface area contributed by atoms with Crippen molar-refractivity contribution in [2.45, 2.75) is 38.6 Å². The van der Waals surface area contributed by atoms with Gasteiger partial charge in [0, 0.05) is 29.3 Å². The third-order valence-corrected chi connectivity index (χ3v) is 5.44. The first kappa shape index (κ1) is 17.1. The number of Topliss-reactive ketones (excluding diaryl/α,β-unsaturated/α-hetero) is 1. The first-order chi connectivity index (χ1) is 12.4. The molecule has 26 heavy (non-hydrogen) atoms. The van der Waals surface area contributed by atoms with Crippen LogP contribution >= 0.6 is 15.9 Å². The summed E-state index contributed by atoms with van der Waals surface area (Å²) in [6, 6.07) is 7.62. The Hall–Kier alpha value is -2.34. The van der Waals surface area contributed by atoms with Gasteiger partial charge in [0.05, 0.1) is 16.2 Å². The number of nitrogen functional groups attached to an aromatic ring is 1.